The number of nitrogens with zero attached hydrogens (tertiary/aromatic N) is 3. The Balaban J connectivity index is 1.92. The summed E-state index contributed by atoms with van der Waals surface area (Å²) in [7, 11) is 0. The van der Waals surface area contributed by atoms with Crippen LogP contribution in [0.4, 0.5) is 15.8 Å². The van der Waals surface area contributed by atoms with Crippen LogP contribution in [0.5, 0.6) is 0 Å². The summed E-state index contributed by atoms with van der Waals surface area (Å²) in [5.74, 6) is -0.0965. The van der Waals surface area contributed by atoms with Crippen LogP contribution in [-0.2, 0) is 6.42 Å². The molecule has 0 aliphatic heterocycles. The Bertz CT molecular complexity index is 558. The number of halogens is 1. The van der Waals surface area contributed by atoms with E-state index in [1.54, 1.807) is 0 Å². The van der Waals surface area contributed by atoms with Crippen molar-refractivity contribution in [2.75, 3.05) is 11.9 Å². The third kappa shape index (κ3) is 3.24. The second-order valence-corrected chi connectivity index (χ2v) is 3.86. The van der Waals surface area contributed by atoms with E-state index >= 15 is 0 Å². The molecule has 0 bridgehead atoms. The van der Waals surface area contributed by atoms with Crippen molar-refractivity contribution in [1.82, 2.24) is 15.2 Å². The highest BCUT2D eigenvalue weighted by molar-refractivity contribution is 5.61. The third-order valence-electron chi connectivity index (χ3n) is 2.54. The van der Waals surface area contributed by atoms with Crippen molar-refractivity contribution in [3.8, 4) is 0 Å². The van der Waals surface area contributed by atoms with Crippen LogP contribution in [0.1, 0.15) is 12.2 Å². The Labute approximate surface area is 108 Å². The van der Waals surface area contributed by atoms with Gasteiger partial charge in [0.1, 0.15) is 17.8 Å². The molecular weight excluding hydrogens is 253 g/mol. The molecule has 2 aromatic rings. The van der Waals surface area contributed by atoms with Gasteiger partial charge in [0.25, 0.3) is 0 Å². The number of nitro groups is 1. The monoisotopic (exact) mass is 265 g/mol. The lowest BCUT2D eigenvalue weighted by Crippen LogP contribution is -2.07. The van der Waals surface area contributed by atoms with Gasteiger partial charge in [-0.1, -0.05) is 6.07 Å². The zero-order valence-corrected chi connectivity index (χ0v) is 9.97. The summed E-state index contributed by atoms with van der Waals surface area (Å²) >= 11 is 0. The first-order valence-electron chi connectivity index (χ1n) is 5.69. The third-order valence-corrected chi connectivity index (χ3v) is 2.54. The molecule has 7 nitrogen and oxygen atoms in total. The molecule has 1 aromatic heterocycles. The fourth-order valence-corrected chi connectivity index (χ4v) is 1.67. The van der Waals surface area contributed by atoms with E-state index in [2.05, 4.69) is 20.5 Å². The Morgan fingerprint density at radius 1 is 1.47 bits per heavy atom. The van der Waals surface area contributed by atoms with Crippen LogP contribution >= 0.6 is 0 Å². The molecule has 0 atom stereocenters. The van der Waals surface area contributed by atoms with Gasteiger partial charge in [-0.05, 0) is 18.6 Å². The second kappa shape index (κ2) is 5.89. The van der Waals surface area contributed by atoms with Crippen LogP contribution in [0, 0.1) is 15.9 Å². The van der Waals surface area contributed by atoms with E-state index in [0.717, 1.165) is 11.9 Å². The first kappa shape index (κ1) is 12.9. The zero-order valence-electron chi connectivity index (χ0n) is 9.97. The van der Waals surface area contributed by atoms with Gasteiger partial charge in [-0.15, -0.1) is 0 Å². The number of benzene rings is 1. The van der Waals surface area contributed by atoms with Crippen molar-refractivity contribution in [3.63, 3.8) is 0 Å². The molecule has 2 N–H and O–H groups in total. The smallest absolute Gasteiger partial charge is 0.327 e. The van der Waals surface area contributed by atoms with Crippen molar-refractivity contribution < 1.29 is 9.31 Å². The SMILES string of the molecule is O=[N+]([O-])c1c(F)cccc1NCCCc1ncn[nH]1. The molecule has 0 saturated heterocycles. The lowest BCUT2D eigenvalue weighted by molar-refractivity contribution is -0.386. The Morgan fingerprint density at radius 2 is 2.32 bits per heavy atom. The summed E-state index contributed by atoms with van der Waals surface area (Å²) in [6.45, 7) is 0.477. The normalized spacial score (nSPS) is 10.4. The summed E-state index contributed by atoms with van der Waals surface area (Å²) in [6.07, 6.45) is 2.78. The molecular formula is C11H12FN5O2. The second-order valence-electron chi connectivity index (χ2n) is 3.86. The van der Waals surface area contributed by atoms with Crippen LogP contribution < -0.4 is 5.32 Å². The number of nitro benzene ring substituents is 1. The molecule has 0 amide bonds. The van der Waals surface area contributed by atoms with Gasteiger partial charge in [0.2, 0.25) is 5.82 Å². The standard InChI is InChI=1S/C11H12FN5O2/c12-8-3-1-4-9(11(8)17(18)19)13-6-2-5-10-14-7-15-16-10/h1,3-4,7,13H,2,5-6H2,(H,14,15,16). The Morgan fingerprint density at radius 3 is 3.00 bits per heavy atom. The van der Waals surface area contributed by atoms with Crippen molar-refractivity contribution in [1.29, 1.82) is 0 Å². The molecule has 1 heterocycles. The molecule has 0 aliphatic carbocycles. The lowest BCUT2D eigenvalue weighted by Gasteiger charge is -2.06. The number of hydrogen-bond acceptors (Lipinski definition) is 5. The van der Waals surface area contributed by atoms with Crippen molar-refractivity contribution >= 4 is 11.4 Å². The average Bonchev–Trinajstić information content (AvgIpc) is 2.87. The number of H-pyrrole nitrogens is 1. The highest BCUT2D eigenvalue weighted by atomic mass is 19.1. The van der Waals surface area contributed by atoms with Gasteiger partial charge in [0, 0.05) is 13.0 Å². The zero-order chi connectivity index (χ0) is 13.7. The predicted octanol–water partition coefficient (Wildman–Crippen LogP) is 1.90. The number of aryl methyl sites for hydroxylation is 1. The Hall–Kier alpha value is -2.51. The quantitative estimate of drug-likeness (QED) is 0.472. The van der Waals surface area contributed by atoms with E-state index in [9.17, 15) is 14.5 Å². The predicted molar refractivity (Wildman–Crippen MR) is 66.2 cm³/mol. The van der Waals surface area contributed by atoms with Crippen LogP contribution in [0.2, 0.25) is 0 Å². The molecule has 1 aromatic carbocycles. The van der Waals surface area contributed by atoms with Gasteiger partial charge in [0.05, 0.1) is 4.92 Å². The maximum atomic E-state index is 13.3. The van der Waals surface area contributed by atoms with Crippen LogP contribution in [0.15, 0.2) is 24.5 Å². The van der Waals surface area contributed by atoms with E-state index in [1.807, 2.05) is 0 Å². The molecule has 19 heavy (non-hydrogen) atoms. The number of anilines is 1. The van der Waals surface area contributed by atoms with Gasteiger partial charge in [-0.2, -0.15) is 9.49 Å². The summed E-state index contributed by atoms with van der Waals surface area (Å²) in [4.78, 5) is 14.0. The lowest BCUT2D eigenvalue weighted by atomic mass is 10.2. The van der Waals surface area contributed by atoms with E-state index in [-0.39, 0.29) is 5.69 Å². The number of rotatable bonds is 6. The molecule has 0 fully saturated rings. The van der Waals surface area contributed by atoms with E-state index in [0.29, 0.717) is 19.4 Å². The average molecular weight is 265 g/mol. The highest BCUT2D eigenvalue weighted by Crippen LogP contribution is 2.26. The summed E-state index contributed by atoms with van der Waals surface area (Å²) in [6, 6.07) is 3.98. The molecule has 2 rings (SSSR count). The highest BCUT2D eigenvalue weighted by Gasteiger charge is 2.19. The van der Waals surface area contributed by atoms with Crippen molar-refractivity contribution in [2.24, 2.45) is 0 Å². The minimum absolute atomic E-state index is 0.183. The first-order chi connectivity index (χ1) is 9.18. The fourth-order valence-electron chi connectivity index (χ4n) is 1.67. The molecule has 0 aliphatic rings. The topological polar surface area (TPSA) is 96.7 Å². The number of nitrogens with one attached hydrogen (secondary N) is 2. The minimum Gasteiger partial charge on any atom is -0.379 e. The van der Waals surface area contributed by atoms with Crippen molar-refractivity contribution in [2.45, 2.75) is 12.8 Å². The summed E-state index contributed by atoms with van der Waals surface area (Å²) < 4.78 is 13.3. The molecule has 0 spiro atoms. The van der Waals surface area contributed by atoms with E-state index < -0.39 is 16.4 Å². The van der Waals surface area contributed by atoms with Crippen molar-refractivity contribution in [3.05, 3.63) is 46.3 Å². The molecule has 0 radical (unpaired) electrons. The fraction of sp³-hybridized carbons (Fsp3) is 0.273. The van der Waals surface area contributed by atoms with Gasteiger partial charge in [-0.25, -0.2) is 4.98 Å². The Kier molecular flexibility index (Phi) is 4.01. The molecule has 100 valence electrons. The van der Waals surface area contributed by atoms with Crippen LogP contribution in [-0.4, -0.2) is 26.6 Å². The maximum absolute atomic E-state index is 13.3. The number of aromatic nitrogens is 3. The summed E-state index contributed by atoms with van der Waals surface area (Å²) in [5, 5.41) is 20.0. The van der Waals surface area contributed by atoms with E-state index in [1.165, 1.54) is 18.5 Å². The minimum atomic E-state index is -0.842. The number of para-hydroxylation sites is 1. The van der Waals surface area contributed by atoms with Crippen LogP contribution in [0.3, 0.4) is 0 Å². The van der Waals surface area contributed by atoms with Gasteiger partial charge in [0.15, 0.2) is 0 Å². The maximum Gasteiger partial charge on any atom is 0.327 e. The first-order valence-corrected chi connectivity index (χ1v) is 5.69. The molecule has 0 unspecified atom stereocenters. The number of aromatic amines is 1. The van der Waals surface area contributed by atoms with E-state index in [4.69, 9.17) is 0 Å². The number of hydrogen-bond donors (Lipinski definition) is 2. The van der Waals surface area contributed by atoms with Crippen LogP contribution in [0.25, 0.3) is 0 Å². The largest absolute Gasteiger partial charge is 0.379 e. The van der Waals surface area contributed by atoms with Gasteiger partial charge >= 0.3 is 5.69 Å². The summed E-state index contributed by atoms with van der Waals surface area (Å²) in [5.41, 5.74) is -0.343. The molecule has 0 saturated carbocycles. The molecule has 8 heteroatoms. The van der Waals surface area contributed by atoms with Gasteiger partial charge in [-0.3, -0.25) is 15.2 Å². The van der Waals surface area contributed by atoms with Gasteiger partial charge < -0.3 is 5.32 Å².